The Morgan fingerprint density at radius 3 is 2.19 bits per heavy atom. The summed E-state index contributed by atoms with van der Waals surface area (Å²) in [5.74, 6) is -0.816. The number of halogens is 6. The number of aromatic nitrogens is 2. The molecule has 0 fully saturated rings. The monoisotopic (exact) mass is 451 g/mol. The second-order valence-corrected chi connectivity index (χ2v) is 6.75. The summed E-state index contributed by atoms with van der Waals surface area (Å²) in [6.07, 6.45) is -5.12. The number of unbranched alkanes of at least 4 members (excludes halogenated alkanes) is 3. The second-order valence-electron chi connectivity index (χ2n) is 6.75. The van der Waals surface area contributed by atoms with Crippen molar-refractivity contribution in [2.24, 2.45) is 0 Å². The summed E-state index contributed by atoms with van der Waals surface area (Å²) in [7, 11) is 1.47. The lowest BCUT2D eigenvalue weighted by atomic mass is 10.2. The molecule has 0 amide bonds. The molecule has 11 heteroatoms. The van der Waals surface area contributed by atoms with Gasteiger partial charge in [0.05, 0.1) is 6.61 Å². The van der Waals surface area contributed by atoms with E-state index in [1.165, 1.54) is 11.9 Å². The molecule has 0 atom stereocenters. The van der Waals surface area contributed by atoms with Gasteiger partial charge in [0.25, 0.3) is 0 Å². The molecule has 0 saturated carbocycles. The van der Waals surface area contributed by atoms with Gasteiger partial charge in [-0.1, -0.05) is 26.2 Å². The van der Waals surface area contributed by atoms with E-state index >= 15 is 0 Å². The first kappa shape index (κ1) is 24.5. The maximum atomic E-state index is 13.1. The Bertz CT molecular complexity index is 825. The highest BCUT2D eigenvalue weighted by Gasteiger charge is 2.38. The van der Waals surface area contributed by atoms with Crippen molar-refractivity contribution >= 4 is 11.6 Å². The van der Waals surface area contributed by atoms with E-state index in [0.29, 0.717) is 24.2 Å². The molecule has 0 N–H and O–H groups in total. The summed E-state index contributed by atoms with van der Waals surface area (Å²) in [6.45, 7) is 0.777. The van der Waals surface area contributed by atoms with Crippen molar-refractivity contribution in [1.29, 1.82) is 0 Å². The highest BCUT2D eigenvalue weighted by atomic mass is 19.4. The lowest BCUT2D eigenvalue weighted by Crippen LogP contribution is -2.23. The quantitative estimate of drug-likeness (QED) is 0.320. The zero-order chi connectivity index (χ0) is 23.1. The average Bonchev–Trinajstić information content (AvgIpc) is 2.70. The zero-order valence-corrected chi connectivity index (χ0v) is 17.1. The van der Waals surface area contributed by atoms with Crippen molar-refractivity contribution in [1.82, 2.24) is 9.97 Å². The van der Waals surface area contributed by atoms with E-state index < -0.39 is 30.4 Å². The van der Waals surface area contributed by atoms with Crippen LogP contribution in [-0.4, -0.2) is 36.4 Å². The smallest absolute Gasteiger partial charge is 0.423 e. The van der Waals surface area contributed by atoms with Gasteiger partial charge in [0, 0.05) is 18.9 Å². The molecule has 0 aliphatic heterocycles. The predicted octanol–water partition coefficient (Wildman–Crippen LogP) is 6.16. The van der Waals surface area contributed by atoms with Gasteiger partial charge in [0.2, 0.25) is 11.8 Å². The number of ether oxygens (including phenoxy) is 2. The van der Waals surface area contributed by atoms with E-state index in [-0.39, 0.29) is 5.95 Å². The van der Waals surface area contributed by atoms with Crippen LogP contribution in [0.1, 0.15) is 38.2 Å². The molecule has 1 aromatic carbocycles. The van der Waals surface area contributed by atoms with E-state index in [0.717, 1.165) is 25.7 Å². The van der Waals surface area contributed by atoms with Crippen molar-refractivity contribution in [3.8, 4) is 11.6 Å². The van der Waals surface area contributed by atoms with Crippen molar-refractivity contribution < 1.29 is 35.8 Å². The van der Waals surface area contributed by atoms with Crippen LogP contribution in [0.15, 0.2) is 30.5 Å². The topological polar surface area (TPSA) is 47.5 Å². The molecule has 0 spiro atoms. The van der Waals surface area contributed by atoms with E-state index in [1.54, 1.807) is 24.3 Å². The maximum Gasteiger partial charge on any atom is 0.423 e. The van der Waals surface area contributed by atoms with Crippen molar-refractivity contribution in [2.75, 3.05) is 25.2 Å². The minimum Gasteiger partial charge on any atom is -0.494 e. The van der Waals surface area contributed by atoms with Gasteiger partial charge >= 0.3 is 12.4 Å². The highest BCUT2D eigenvalue weighted by molar-refractivity contribution is 5.58. The summed E-state index contributed by atoms with van der Waals surface area (Å²) < 4.78 is 86.4. The van der Waals surface area contributed by atoms with Gasteiger partial charge in [-0.3, -0.25) is 0 Å². The summed E-state index contributed by atoms with van der Waals surface area (Å²) in [6, 6.07) is 6.63. The van der Waals surface area contributed by atoms with Crippen LogP contribution in [0.5, 0.6) is 11.6 Å². The third-order valence-electron chi connectivity index (χ3n) is 4.21. The second kappa shape index (κ2) is 10.5. The standard InChI is InChI=1S/C20H23F6N3O2/c1-3-4-5-6-11-30-15-9-7-14(8-10-15)29(2)18-27-12-16(20(24,25)26)17(28-18)31-13-19(21,22)23/h7-10,12H,3-6,11,13H2,1-2H3. The first-order valence-corrected chi connectivity index (χ1v) is 9.61. The van der Waals surface area contributed by atoms with E-state index in [9.17, 15) is 26.3 Å². The Kier molecular flexibility index (Phi) is 8.35. The molecule has 0 radical (unpaired) electrons. The van der Waals surface area contributed by atoms with E-state index in [1.807, 2.05) is 0 Å². The van der Waals surface area contributed by atoms with Crippen molar-refractivity contribution in [3.05, 3.63) is 36.0 Å². The minimum atomic E-state index is -4.96. The summed E-state index contributed by atoms with van der Waals surface area (Å²) in [5, 5.41) is 0. The first-order valence-electron chi connectivity index (χ1n) is 9.61. The van der Waals surface area contributed by atoms with Gasteiger partial charge in [0.15, 0.2) is 6.61 Å². The Hall–Kier alpha value is -2.72. The molecule has 31 heavy (non-hydrogen) atoms. The van der Waals surface area contributed by atoms with Crippen LogP contribution in [0.4, 0.5) is 38.0 Å². The molecular formula is C20H23F6N3O2. The number of alkyl halides is 6. The lowest BCUT2D eigenvalue weighted by molar-refractivity contribution is -0.159. The van der Waals surface area contributed by atoms with Crippen LogP contribution in [-0.2, 0) is 6.18 Å². The minimum absolute atomic E-state index is 0.251. The number of anilines is 2. The molecular weight excluding hydrogens is 428 g/mol. The molecule has 0 aliphatic rings. The first-order chi connectivity index (χ1) is 14.5. The number of hydrogen-bond acceptors (Lipinski definition) is 5. The van der Waals surface area contributed by atoms with Crippen molar-refractivity contribution in [3.63, 3.8) is 0 Å². The van der Waals surface area contributed by atoms with Gasteiger partial charge < -0.3 is 14.4 Å². The average molecular weight is 451 g/mol. The fourth-order valence-electron chi connectivity index (χ4n) is 2.57. The molecule has 1 heterocycles. The van der Waals surface area contributed by atoms with Crippen LogP contribution in [0, 0.1) is 0 Å². The lowest BCUT2D eigenvalue weighted by Gasteiger charge is -2.20. The summed E-state index contributed by atoms with van der Waals surface area (Å²) >= 11 is 0. The molecule has 0 aliphatic carbocycles. The molecule has 5 nitrogen and oxygen atoms in total. The van der Waals surface area contributed by atoms with Crippen LogP contribution in [0.3, 0.4) is 0 Å². The Morgan fingerprint density at radius 2 is 1.61 bits per heavy atom. The fraction of sp³-hybridized carbons (Fsp3) is 0.500. The Labute approximate surface area is 176 Å². The fourth-order valence-corrected chi connectivity index (χ4v) is 2.57. The van der Waals surface area contributed by atoms with Crippen LogP contribution < -0.4 is 14.4 Å². The molecule has 2 rings (SSSR count). The SMILES string of the molecule is CCCCCCOc1ccc(N(C)c2ncc(C(F)(F)F)c(OCC(F)(F)F)n2)cc1. The van der Waals surface area contributed by atoms with Crippen LogP contribution >= 0.6 is 0 Å². The molecule has 2 aromatic rings. The number of hydrogen-bond donors (Lipinski definition) is 0. The molecule has 0 bridgehead atoms. The third-order valence-corrected chi connectivity index (χ3v) is 4.21. The van der Waals surface area contributed by atoms with Gasteiger partial charge in [-0.2, -0.15) is 31.3 Å². The van der Waals surface area contributed by atoms with Gasteiger partial charge in [-0.15, -0.1) is 0 Å². The van der Waals surface area contributed by atoms with Gasteiger partial charge in [-0.25, -0.2) is 4.98 Å². The number of rotatable bonds is 10. The van der Waals surface area contributed by atoms with Gasteiger partial charge in [-0.05, 0) is 30.7 Å². The molecule has 1 aromatic heterocycles. The summed E-state index contributed by atoms with van der Waals surface area (Å²) in [4.78, 5) is 8.51. The number of benzene rings is 1. The maximum absolute atomic E-state index is 13.1. The Balaban J connectivity index is 2.14. The highest BCUT2D eigenvalue weighted by Crippen LogP contribution is 2.36. The summed E-state index contributed by atoms with van der Waals surface area (Å²) in [5.41, 5.74) is -0.986. The van der Waals surface area contributed by atoms with Crippen molar-refractivity contribution in [2.45, 2.75) is 45.0 Å². The molecule has 0 unspecified atom stereocenters. The third kappa shape index (κ3) is 7.80. The number of nitrogens with zero attached hydrogens (tertiary/aromatic N) is 3. The predicted molar refractivity (Wildman–Crippen MR) is 103 cm³/mol. The zero-order valence-electron chi connectivity index (χ0n) is 17.1. The Morgan fingerprint density at radius 1 is 0.935 bits per heavy atom. The van der Waals surface area contributed by atoms with Crippen LogP contribution in [0.2, 0.25) is 0 Å². The normalized spacial score (nSPS) is 12.0. The van der Waals surface area contributed by atoms with Gasteiger partial charge in [0.1, 0.15) is 11.3 Å². The largest absolute Gasteiger partial charge is 0.494 e. The van der Waals surface area contributed by atoms with E-state index in [2.05, 4.69) is 21.6 Å². The van der Waals surface area contributed by atoms with E-state index in [4.69, 9.17) is 4.74 Å². The van der Waals surface area contributed by atoms with Crippen LogP contribution in [0.25, 0.3) is 0 Å². The molecule has 0 saturated heterocycles. The molecule has 172 valence electrons.